The van der Waals surface area contributed by atoms with E-state index < -0.39 is 16.9 Å². The lowest BCUT2D eigenvalue weighted by Gasteiger charge is -2.35. The molecule has 0 radical (unpaired) electrons. The number of aliphatic hydroxyl groups is 1. The summed E-state index contributed by atoms with van der Waals surface area (Å²) in [6, 6.07) is 10.8. The van der Waals surface area contributed by atoms with E-state index in [-0.39, 0.29) is 6.54 Å². The van der Waals surface area contributed by atoms with Crippen LogP contribution >= 0.6 is 0 Å². The van der Waals surface area contributed by atoms with Gasteiger partial charge in [0.1, 0.15) is 11.5 Å². The maximum atomic E-state index is 13.6. The van der Waals surface area contributed by atoms with Crippen molar-refractivity contribution in [3.05, 3.63) is 87.0 Å². The number of ether oxygens (including phenoxy) is 2. The predicted molar refractivity (Wildman–Crippen MR) is 153 cm³/mol. The number of pyridine rings is 1. The zero-order chi connectivity index (χ0) is 28.4. The molecular formula is C30H37N5O5. The Morgan fingerprint density at radius 3 is 2.50 bits per heavy atom. The van der Waals surface area contributed by atoms with Gasteiger partial charge in [-0.2, -0.15) is 5.10 Å². The lowest BCUT2D eigenvalue weighted by molar-refractivity contribution is 0.0245. The van der Waals surface area contributed by atoms with E-state index in [0.29, 0.717) is 35.2 Å². The number of piperidine rings is 1. The fourth-order valence-electron chi connectivity index (χ4n) is 5.55. The first kappa shape index (κ1) is 27.7. The van der Waals surface area contributed by atoms with Crippen molar-refractivity contribution in [3.63, 3.8) is 0 Å². The SMILES string of the molecule is COc1ccc(Cn2c(=O)ccn(-c3cnn4ccc(CC5CCN(CC(C)(C)O)CC5)cc34)c2=O)c(OC)c1. The lowest BCUT2D eigenvalue weighted by atomic mass is 9.90. The number of hydrogen-bond acceptors (Lipinski definition) is 7. The number of hydrogen-bond donors (Lipinski definition) is 1. The van der Waals surface area contributed by atoms with E-state index in [2.05, 4.69) is 22.1 Å². The van der Waals surface area contributed by atoms with E-state index in [4.69, 9.17) is 9.47 Å². The second kappa shape index (κ2) is 11.3. The molecule has 1 fully saturated rings. The van der Waals surface area contributed by atoms with Crippen LogP contribution in [0.2, 0.25) is 0 Å². The van der Waals surface area contributed by atoms with Gasteiger partial charge in [-0.05, 0) is 81.9 Å². The van der Waals surface area contributed by atoms with Crippen molar-refractivity contribution in [2.24, 2.45) is 5.92 Å². The van der Waals surface area contributed by atoms with Crippen molar-refractivity contribution in [3.8, 4) is 17.2 Å². The van der Waals surface area contributed by atoms with Crippen LogP contribution in [0.3, 0.4) is 0 Å². The van der Waals surface area contributed by atoms with Crippen LogP contribution < -0.4 is 20.7 Å². The van der Waals surface area contributed by atoms with Gasteiger partial charge in [0.2, 0.25) is 0 Å². The first-order chi connectivity index (χ1) is 19.1. The molecule has 0 aliphatic carbocycles. The molecule has 4 aromatic rings. The topological polar surface area (TPSA) is 103 Å². The lowest BCUT2D eigenvalue weighted by Crippen LogP contribution is -2.43. The number of rotatable bonds is 9. The third-order valence-corrected chi connectivity index (χ3v) is 7.56. The molecule has 1 aliphatic rings. The minimum Gasteiger partial charge on any atom is -0.497 e. The van der Waals surface area contributed by atoms with Crippen LogP contribution in [-0.4, -0.2) is 68.2 Å². The van der Waals surface area contributed by atoms with Crippen LogP contribution in [0.1, 0.15) is 37.8 Å². The van der Waals surface area contributed by atoms with Gasteiger partial charge in [0, 0.05) is 36.6 Å². The van der Waals surface area contributed by atoms with E-state index in [0.717, 1.165) is 37.9 Å². The molecule has 1 aromatic carbocycles. The fraction of sp³-hybridized carbons (Fsp3) is 0.433. The number of aromatic nitrogens is 4. The Balaban J connectivity index is 1.40. The Labute approximate surface area is 233 Å². The highest BCUT2D eigenvalue weighted by atomic mass is 16.5. The first-order valence-electron chi connectivity index (χ1n) is 13.6. The van der Waals surface area contributed by atoms with Crippen molar-refractivity contribution >= 4 is 5.52 Å². The Hall–Kier alpha value is -3.89. The third-order valence-electron chi connectivity index (χ3n) is 7.56. The molecule has 0 spiro atoms. The summed E-state index contributed by atoms with van der Waals surface area (Å²) in [5, 5.41) is 14.6. The zero-order valence-corrected chi connectivity index (χ0v) is 23.5. The number of benzene rings is 1. The summed E-state index contributed by atoms with van der Waals surface area (Å²) >= 11 is 0. The number of nitrogens with zero attached hydrogens (tertiary/aromatic N) is 5. The molecule has 1 aliphatic heterocycles. The number of β-amino-alcohol motifs (C(OH)–C–C–N with tert-alkyl or cyclic N) is 1. The molecule has 5 rings (SSSR count). The molecule has 1 N–H and O–H groups in total. The second-order valence-corrected chi connectivity index (χ2v) is 11.2. The summed E-state index contributed by atoms with van der Waals surface area (Å²) in [6.07, 6.45) is 8.16. The van der Waals surface area contributed by atoms with Crippen molar-refractivity contribution in [2.75, 3.05) is 33.9 Å². The molecule has 10 heteroatoms. The average Bonchev–Trinajstić information content (AvgIpc) is 3.34. The van der Waals surface area contributed by atoms with Gasteiger partial charge >= 0.3 is 5.69 Å². The largest absolute Gasteiger partial charge is 0.497 e. The molecule has 4 heterocycles. The predicted octanol–water partition coefficient (Wildman–Crippen LogP) is 2.74. The van der Waals surface area contributed by atoms with Gasteiger partial charge in [0.05, 0.1) is 43.8 Å². The van der Waals surface area contributed by atoms with Gasteiger partial charge in [-0.1, -0.05) is 0 Å². The summed E-state index contributed by atoms with van der Waals surface area (Å²) < 4.78 is 15.1. The Kier molecular flexibility index (Phi) is 7.82. The Morgan fingerprint density at radius 2 is 1.80 bits per heavy atom. The summed E-state index contributed by atoms with van der Waals surface area (Å²) in [6.45, 7) is 6.40. The first-order valence-corrected chi connectivity index (χ1v) is 13.6. The molecule has 0 bridgehead atoms. The molecule has 0 unspecified atom stereocenters. The zero-order valence-electron chi connectivity index (χ0n) is 23.5. The van der Waals surface area contributed by atoms with E-state index in [1.165, 1.54) is 27.0 Å². The number of methoxy groups -OCH3 is 2. The smallest absolute Gasteiger partial charge is 0.336 e. The minimum absolute atomic E-state index is 0.0578. The highest BCUT2D eigenvalue weighted by Crippen LogP contribution is 2.26. The van der Waals surface area contributed by atoms with Crippen LogP contribution in [0.15, 0.2) is 64.6 Å². The number of likely N-dealkylation sites (tertiary alicyclic amines) is 1. The molecule has 0 atom stereocenters. The summed E-state index contributed by atoms with van der Waals surface area (Å²) in [7, 11) is 3.11. The molecule has 212 valence electrons. The van der Waals surface area contributed by atoms with Gasteiger partial charge < -0.3 is 19.5 Å². The molecule has 0 saturated carbocycles. The van der Waals surface area contributed by atoms with Gasteiger partial charge in [0.25, 0.3) is 5.56 Å². The second-order valence-electron chi connectivity index (χ2n) is 11.2. The summed E-state index contributed by atoms with van der Waals surface area (Å²) in [5.74, 6) is 1.71. The summed E-state index contributed by atoms with van der Waals surface area (Å²) in [4.78, 5) is 28.7. The van der Waals surface area contributed by atoms with Crippen LogP contribution in [-0.2, 0) is 13.0 Å². The van der Waals surface area contributed by atoms with Gasteiger partial charge in [-0.25, -0.2) is 9.31 Å². The van der Waals surface area contributed by atoms with Crippen LogP contribution in [0.5, 0.6) is 11.5 Å². The van der Waals surface area contributed by atoms with Gasteiger partial charge in [0.15, 0.2) is 0 Å². The van der Waals surface area contributed by atoms with Crippen LogP contribution in [0, 0.1) is 5.92 Å². The molecule has 3 aromatic heterocycles. The normalized spacial score (nSPS) is 15.0. The average molecular weight is 548 g/mol. The standard InChI is InChI=1S/C30H37N5O5/c1-30(2,38)20-32-11-7-21(8-12-32)15-22-9-14-35-25(16-22)26(18-31-35)33-13-10-28(36)34(29(33)37)19-23-5-6-24(39-3)17-27(23)40-4/h5-6,9-10,13-14,16-18,21,38H,7-8,11-12,15,19-20H2,1-4H3. The van der Waals surface area contributed by atoms with Crippen LogP contribution in [0.4, 0.5) is 0 Å². The molecular weight excluding hydrogens is 510 g/mol. The van der Waals surface area contributed by atoms with E-state index in [1.54, 1.807) is 43.1 Å². The molecule has 40 heavy (non-hydrogen) atoms. The fourth-order valence-corrected chi connectivity index (χ4v) is 5.55. The van der Waals surface area contributed by atoms with Crippen molar-refractivity contribution in [2.45, 2.75) is 45.3 Å². The van der Waals surface area contributed by atoms with E-state index in [9.17, 15) is 14.7 Å². The van der Waals surface area contributed by atoms with Gasteiger partial charge in [-0.15, -0.1) is 0 Å². The van der Waals surface area contributed by atoms with Crippen molar-refractivity contribution in [1.82, 2.24) is 23.6 Å². The quantitative estimate of drug-likeness (QED) is 0.344. The van der Waals surface area contributed by atoms with E-state index >= 15 is 0 Å². The Bertz CT molecular complexity index is 1610. The van der Waals surface area contributed by atoms with Crippen molar-refractivity contribution < 1.29 is 14.6 Å². The van der Waals surface area contributed by atoms with E-state index in [1.807, 2.05) is 20.0 Å². The maximum absolute atomic E-state index is 13.6. The van der Waals surface area contributed by atoms with Crippen molar-refractivity contribution in [1.29, 1.82) is 0 Å². The summed E-state index contributed by atoms with van der Waals surface area (Å²) in [5.41, 5.74) is 1.75. The highest BCUT2D eigenvalue weighted by Gasteiger charge is 2.24. The number of fused-ring (bicyclic) bond motifs is 1. The highest BCUT2D eigenvalue weighted by molar-refractivity contribution is 5.64. The van der Waals surface area contributed by atoms with Crippen LogP contribution in [0.25, 0.3) is 11.2 Å². The molecule has 0 amide bonds. The van der Waals surface area contributed by atoms with Gasteiger partial charge in [-0.3, -0.25) is 13.9 Å². The third kappa shape index (κ3) is 5.97. The minimum atomic E-state index is -0.683. The monoisotopic (exact) mass is 547 g/mol. The maximum Gasteiger partial charge on any atom is 0.336 e. The molecule has 1 saturated heterocycles. The molecule has 10 nitrogen and oxygen atoms in total. The Morgan fingerprint density at radius 1 is 1.02 bits per heavy atom.